The number of hydrogen-bond donors (Lipinski definition) is 1. The SMILES string of the molecule is CN1C(C)(C)CC(OC(=O)CCCCCCCCC(=O)OC2CC(C)(C)N(C)C(C)(C)C2)CC1(C)C.Cc1cc(-n2nc3ccc(Cl)cc3n2)c(O)c(C(C)(C)C)c1. The minimum atomic E-state index is -0.166. The van der Waals surface area contributed by atoms with Crippen LogP contribution in [0.5, 0.6) is 5.75 Å². The number of nitrogens with zero attached hydrogens (tertiary/aromatic N) is 5. The number of hydrogen-bond acceptors (Lipinski definition) is 9. The maximum atomic E-state index is 12.4. The first-order valence-corrected chi connectivity index (χ1v) is 21.8. The Morgan fingerprint density at radius 1 is 0.707 bits per heavy atom. The van der Waals surface area contributed by atoms with Gasteiger partial charge in [-0.05, 0) is 124 Å². The molecule has 2 fully saturated rings. The smallest absolute Gasteiger partial charge is 0.306 e. The van der Waals surface area contributed by atoms with Crippen molar-refractivity contribution in [3.05, 3.63) is 46.5 Å². The number of rotatable bonds is 12. The molecular weight excluding hydrogens is 750 g/mol. The predicted octanol–water partition coefficient (Wildman–Crippen LogP) is 10.9. The monoisotopic (exact) mass is 824 g/mol. The minimum Gasteiger partial charge on any atom is -0.505 e. The minimum absolute atomic E-state index is 0.00474. The molecule has 0 unspecified atom stereocenters. The number of esters is 2. The van der Waals surface area contributed by atoms with Crippen molar-refractivity contribution in [3.8, 4) is 11.4 Å². The summed E-state index contributed by atoms with van der Waals surface area (Å²) in [6, 6.07) is 9.24. The summed E-state index contributed by atoms with van der Waals surface area (Å²) in [7, 11) is 4.33. The fourth-order valence-electron chi connectivity index (χ4n) is 8.94. The number of benzene rings is 2. The summed E-state index contributed by atoms with van der Waals surface area (Å²) in [6.07, 6.45) is 10.5. The van der Waals surface area contributed by atoms with E-state index in [1.165, 1.54) is 4.80 Å². The first-order chi connectivity index (χ1) is 26.7. The van der Waals surface area contributed by atoms with E-state index in [9.17, 15) is 14.7 Å². The number of likely N-dealkylation sites (tertiary alicyclic amines) is 2. The van der Waals surface area contributed by atoms with E-state index in [-0.39, 0.29) is 57.5 Å². The third kappa shape index (κ3) is 12.4. The summed E-state index contributed by atoms with van der Waals surface area (Å²) in [5.41, 5.74) is 3.89. The number of phenolic OH excluding ortho intramolecular Hbond substituents is 1. The van der Waals surface area contributed by atoms with Gasteiger partial charge in [0.1, 0.15) is 34.7 Å². The zero-order valence-corrected chi connectivity index (χ0v) is 39.0. The van der Waals surface area contributed by atoms with Gasteiger partial charge < -0.3 is 14.6 Å². The highest BCUT2D eigenvalue weighted by Crippen LogP contribution is 2.40. The Bertz CT molecular complexity index is 1780. The van der Waals surface area contributed by atoms with Crippen molar-refractivity contribution >= 4 is 34.6 Å². The highest BCUT2D eigenvalue weighted by Gasteiger charge is 2.45. The van der Waals surface area contributed by atoms with Crippen molar-refractivity contribution in [1.82, 2.24) is 24.8 Å². The van der Waals surface area contributed by atoms with Crippen molar-refractivity contribution in [3.63, 3.8) is 0 Å². The fourth-order valence-corrected chi connectivity index (χ4v) is 9.11. The van der Waals surface area contributed by atoms with E-state index in [4.69, 9.17) is 21.1 Å². The summed E-state index contributed by atoms with van der Waals surface area (Å²) in [4.78, 5) is 31.1. The van der Waals surface area contributed by atoms with Gasteiger partial charge in [-0.25, -0.2) is 0 Å². The molecule has 5 rings (SSSR count). The number of piperidine rings is 2. The fraction of sp³-hybridized carbons (Fsp3) is 0.702. The molecule has 0 bridgehead atoms. The molecule has 0 saturated carbocycles. The van der Waals surface area contributed by atoms with Gasteiger partial charge in [0.25, 0.3) is 0 Å². The molecule has 3 heterocycles. The van der Waals surface area contributed by atoms with Gasteiger partial charge in [0.05, 0.1) is 0 Å². The number of carbonyl (C=O) groups is 2. The Hall–Kier alpha value is -3.21. The molecule has 2 aliphatic rings. The van der Waals surface area contributed by atoms with E-state index < -0.39 is 0 Å². The molecule has 0 aliphatic carbocycles. The molecule has 2 saturated heterocycles. The van der Waals surface area contributed by atoms with Crippen LogP contribution in [0.1, 0.15) is 164 Å². The third-order valence-corrected chi connectivity index (χ3v) is 13.0. The van der Waals surface area contributed by atoms with Crippen LogP contribution in [0.15, 0.2) is 30.3 Å². The lowest BCUT2D eigenvalue weighted by molar-refractivity contribution is -0.160. The lowest BCUT2D eigenvalue weighted by Gasteiger charge is -2.53. The summed E-state index contributed by atoms with van der Waals surface area (Å²) in [5.74, 6) is 0.0998. The van der Waals surface area contributed by atoms with E-state index in [1.54, 1.807) is 12.1 Å². The molecule has 0 spiro atoms. The van der Waals surface area contributed by atoms with Gasteiger partial charge in [-0.3, -0.25) is 19.4 Å². The first-order valence-electron chi connectivity index (χ1n) is 21.5. The molecule has 11 heteroatoms. The maximum Gasteiger partial charge on any atom is 0.306 e. The Kier molecular flexibility index (Phi) is 15.2. The van der Waals surface area contributed by atoms with Crippen LogP contribution < -0.4 is 0 Å². The number of carbonyl (C=O) groups excluding carboxylic acids is 2. The average Bonchev–Trinajstić information content (AvgIpc) is 3.50. The molecule has 0 amide bonds. The Balaban J connectivity index is 0.000000287. The second kappa shape index (κ2) is 18.6. The number of unbranched alkanes of at least 4 members (excludes halogenated alkanes) is 5. The molecule has 2 aliphatic heterocycles. The van der Waals surface area contributed by atoms with Gasteiger partial charge in [-0.2, -0.15) is 0 Å². The molecule has 0 radical (unpaired) electrons. The summed E-state index contributed by atoms with van der Waals surface area (Å²) in [5, 5.41) is 20.1. The molecule has 0 atom stereocenters. The van der Waals surface area contributed by atoms with Crippen LogP contribution in [0.3, 0.4) is 0 Å². The van der Waals surface area contributed by atoms with Crippen molar-refractivity contribution in [2.45, 2.75) is 200 Å². The molecule has 1 aromatic heterocycles. The van der Waals surface area contributed by atoms with Crippen molar-refractivity contribution in [2.24, 2.45) is 0 Å². The third-order valence-electron chi connectivity index (χ3n) is 12.7. The topological polar surface area (TPSA) is 110 Å². The number of aromatic nitrogens is 3. The molecule has 1 N–H and O–H groups in total. The van der Waals surface area contributed by atoms with E-state index in [0.717, 1.165) is 80.9 Å². The Labute approximate surface area is 354 Å². The number of halogens is 1. The van der Waals surface area contributed by atoms with Gasteiger partial charge in [0.15, 0.2) is 0 Å². The number of phenols is 1. The molecule has 10 nitrogen and oxygen atoms in total. The molecular formula is C47H74ClN5O5. The van der Waals surface area contributed by atoms with Gasteiger partial charge in [-0.15, -0.1) is 15.0 Å². The van der Waals surface area contributed by atoms with Gasteiger partial charge in [-0.1, -0.05) is 64.1 Å². The first kappa shape index (κ1) is 47.5. The van der Waals surface area contributed by atoms with Crippen LogP contribution in [0, 0.1) is 6.92 Å². The van der Waals surface area contributed by atoms with E-state index in [0.29, 0.717) is 29.1 Å². The highest BCUT2D eigenvalue weighted by molar-refractivity contribution is 6.31. The van der Waals surface area contributed by atoms with Crippen LogP contribution in [0.4, 0.5) is 0 Å². The van der Waals surface area contributed by atoms with Crippen LogP contribution >= 0.6 is 11.6 Å². The predicted molar refractivity (Wildman–Crippen MR) is 236 cm³/mol. The molecule has 2 aromatic carbocycles. The van der Waals surface area contributed by atoms with Crippen LogP contribution in [-0.4, -0.2) is 90.3 Å². The van der Waals surface area contributed by atoms with Crippen LogP contribution in [-0.2, 0) is 24.5 Å². The second-order valence-corrected chi connectivity index (χ2v) is 21.0. The normalized spacial score (nSPS) is 19.7. The molecule has 324 valence electrons. The van der Waals surface area contributed by atoms with Crippen LogP contribution in [0.2, 0.25) is 5.02 Å². The van der Waals surface area contributed by atoms with Gasteiger partial charge >= 0.3 is 11.9 Å². The summed E-state index contributed by atoms with van der Waals surface area (Å²) in [6.45, 7) is 26.0. The molecule has 3 aromatic rings. The lowest BCUT2D eigenvalue weighted by Crippen LogP contribution is -2.60. The van der Waals surface area contributed by atoms with E-state index >= 15 is 0 Å². The van der Waals surface area contributed by atoms with E-state index in [1.807, 2.05) is 25.1 Å². The number of aromatic hydroxyl groups is 1. The Morgan fingerprint density at radius 3 is 1.55 bits per heavy atom. The zero-order valence-electron chi connectivity index (χ0n) is 38.2. The van der Waals surface area contributed by atoms with E-state index in [2.05, 4.69) is 110 Å². The second-order valence-electron chi connectivity index (χ2n) is 20.6. The average molecular weight is 825 g/mol. The number of fused-ring (bicyclic) bond motifs is 1. The van der Waals surface area contributed by atoms with Crippen LogP contribution in [0.25, 0.3) is 16.7 Å². The molecule has 58 heavy (non-hydrogen) atoms. The van der Waals surface area contributed by atoms with Crippen molar-refractivity contribution < 1.29 is 24.2 Å². The van der Waals surface area contributed by atoms with Crippen molar-refractivity contribution in [1.29, 1.82) is 0 Å². The maximum absolute atomic E-state index is 12.4. The quantitative estimate of drug-likeness (QED) is 0.141. The van der Waals surface area contributed by atoms with Gasteiger partial charge in [0.2, 0.25) is 0 Å². The largest absolute Gasteiger partial charge is 0.505 e. The summed E-state index contributed by atoms with van der Waals surface area (Å²) < 4.78 is 11.7. The number of aryl methyl sites for hydroxylation is 1. The standard InChI is InChI=1S/C30H56N2O4.C17H18ClN3O/c1-27(2)19-23(20-28(3,4)31(27)9)35-25(33)17-15-13-11-12-14-16-18-26(34)36-24-21-29(5,6)32(10)30(7,8)22-24;1-10-7-12(17(2,3)4)16(22)15(8-10)21-19-13-6-5-11(18)9-14(13)20-21/h23-24H,11-22H2,1-10H3;5-9,22H,1-4H3. The van der Waals surface area contributed by atoms with Gasteiger partial charge in [0, 0.05) is 71.3 Å². The zero-order chi connectivity index (χ0) is 43.4. The highest BCUT2D eigenvalue weighted by atomic mass is 35.5. The Morgan fingerprint density at radius 2 is 1.12 bits per heavy atom. The van der Waals surface area contributed by atoms with Crippen molar-refractivity contribution in [2.75, 3.05) is 14.1 Å². The summed E-state index contributed by atoms with van der Waals surface area (Å²) >= 11 is 5.99. The lowest BCUT2D eigenvalue weighted by atomic mass is 9.78. The number of ether oxygens (including phenoxy) is 2.